The van der Waals surface area contributed by atoms with Crippen molar-refractivity contribution in [1.29, 1.82) is 0 Å². The second kappa shape index (κ2) is 3.72. The molecule has 1 aliphatic rings. The van der Waals surface area contributed by atoms with Crippen LogP contribution in [-0.2, 0) is 14.4 Å². The number of aliphatic hydroxyl groups excluding tert-OH is 1. The van der Waals surface area contributed by atoms with Crippen molar-refractivity contribution in [2.24, 2.45) is 11.8 Å². The van der Waals surface area contributed by atoms with Crippen LogP contribution in [0, 0.1) is 11.8 Å². The summed E-state index contributed by atoms with van der Waals surface area (Å²) in [6.07, 6.45) is -0.0199. The minimum Gasteiger partial charge on any atom is -0.504 e. The molecule has 0 aliphatic heterocycles. The predicted octanol–water partition coefficient (Wildman–Crippen LogP) is 0.193. The van der Waals surface area contributed by atoms with Crippen LogP contribution in [0.1, 0.15) is 13.3 Å². The average Bonchev–Trinajstić information content (AvgIpc) is 2.33. The van der Waals surface area contributed by atoms with E-state index >= 15 is 0 Å². The van der Waals surface area contributed by atoms with Gasteiger partial charge in [-0.2, -0.15) is 0 Å². The predicted molar refractivity (Wildman–Crippen MR) is 47.2 cm³/mol. The van der Waals surface area contributed by atoms with Gasteiger partial charge in [-0.05, 0) is 6.42 Å². The van der Waals surface area contributed by atoms with E-state index in [1.54, 1.807) is 0 Å². The first-order valence-electron chi connectivity index (χ1n) is 4.28. The van der Waals surface area contributed by atoms with Crippen molar-refractivity contribution in [1.82, 2.24) is 0 Å². The molecule has 0 aromatic heterocycles. The van der Waals surface area contributed by atoms with E-state index in [1.807, 2.05) is 0 Å². The van der Waals surface area contributed by atoms with Crippen molar-refractivity contribution in [3.63, 3.8) is 0 Å². The quantitative estimate of drug-likeness (QED) is 0.578. The maximum atomic E-state index is 11.2. The highest BCUT2D eigenvalue weighted by Crippen LogP contribution is 2.32. The van der Waals surface area contributed by atoms with Gasteiger partial charge in [-0.1, -0.05) is 6.92 Å². The van der Waals surface area contributed by atoms with Gasteiger partial charge in [0.2, 0.25) is 0 Å². The lowest BCUT2D eigenvalue weighted by atomic mass is 9.96. The van der Waals surface area contributed by atoms with E-state index in [1.165, 1.54) is 6.92 Å². The van der Waals surface area contributed by atoms with Crippen molar-refractivity contribution >= 4 is 17.7 Å². The third kappa shape index (κ3) is 1.83. The molecule has 0 saturated carbocycles. The highest BCUT2D eigenvalue weighted by atomic mass is 16.4. The van der Waals surface area contributed by atoms with E-state index < -0.39 is 35.3 Å². The van der Waals surface area contributed by atoms with E-state index in [-0.39, 0.29) is 12.0 Å². The van der Waals surface area contributed by atoms with Gasteiger partial charge in [-0.3, -0.25) is 14.4 Å². The minimum atomic E-state index is -1.83. The standard InChI is InChI=1S/C9H10O6/c1-3-2-4(7(11)6(3)10)5(8(12)13)9(14)15/h3,5,11H,2H2,1H3,(H,12,13)(H,14,15). The third-order valence-electron chi connectivity index (χ3n) is 2.35. The molecule has 82 valence electrons. The number of hydrogen-bond donors (Lipinski definition) is 3. The van der Waals surface area contributed by atoms with Crippen molar-refractivity contribution in [2.45, 2.75) is 13.3 Å². The number of carboxylic acids is 2. The Balaban J connectivity index is 3.11. The normalized spacial score (nSPS) is 21.2. The Kier molecular flexibility index (Phi) is 2.78. The summed E-state index contributed by atoms with van der Waals surface area (Å²) in [5.74, 6) is -6.85. The molecule has 1 atom stereocenters. The Morgan fingerprint density at radius 1 is 1.33 bits per heavy atom. The van der Waals surface area contributed by atoms with Gasteiger partial charge in [0.1, 0.15) is 0 Å². The third-order valence-corrected chi connectivity index (χ3v) is 2.35. The molecule has 0 aromatic rings. The summed E-state index contributed by atoms with van der Waals surface area (Å²) in [6.45, 7) is 1.51. The van der Waals surface area contributed by atoms with E-state index in [4.69, 9.17) is 10.2 Å². The zero-order valence-electron chi connectivity index (χ0n) is 7.93. The van der Waals surface area contributed by atoms with Gasteiger partial charge in [0.15, 0.2) is 17.5 Å². The number of hydrogen-bond acceptors (Lipinski definition) is 4. The van der Waals surface area contributed by atoms with Crippen molar-refractivity contribution in [3.8, 4) is 0 Å². The molecule has 0 amide bonds. The minimum absolute atomic E-state index is 0.0199. The molecule has 0 saturated heterocycles. The molecule has 0 heterocycles. The van der Waals surface area contributed by atoms with Crippen molar-refractivity contribution < 1.29 is 29.7 Å². The number of aliphatic hydroxyl groups is 1. The highest BCUT2D eigenvalue weighted by Gasteiger charge is 2.40. The lowest BCUT2D eigenvalue weighted by Crippen LogP contribution is -2.25. The van der Waals surface area contributed by atoms with Gasteiger partial charge in [-0.15, -0.1) is 0 Å². The first-order chi connectivity index (χ1) is 6.86. The number of allylic oxidation sites excluding steroid dienone is 1. The van der Waals surface area contributed by atoms with Crippen molar-refractivity contribution in [2.75, 3.05) is 0 Å². The molecule has 0 aromatic carbocycles. The van der Waals surface area contributed by atoms with Crippen LogP contribution in [0.3, 0.4) is 0 Å². The van der Waals surface area contributed by atoms with E-state index in [0.29, 0.717) is 0 Å². The molecule has 15 heavy (non-hydrogen) atoms. The van der Waals surface area contributed by atoms with E-state index in [0.717, 1.165) is 0 Å². The van der Waals surface area contributed by atoms with Crippen LogP contribution in [0.2, 0.25) is 0 Å². The molecule has 1 rings (SSSR count). The van der Waals surface area contributed by atoms with Gasteiger partial charge in [0.25, 0.3) is 0 Å². The topological polar surface area (TPSA) is 112 Å². The fraction of sp³-hybridized carbons (Fsp3) is 0.444. The number of rotatable bonds is 3. The lowest BCUT2D eigenvalue weighted by molar-refractivity contribution is -0.152. The van der Waals surface area contributed by atoms with Gasteiger partial charge in [0, 0.05) is 11.5 Å². The van der Waals surface area contributed by atoms with Crippen LogP contribution in [0.15, 0.2) is 11.3 Å². The van der Waals surface area contributed by atoms with Gasteiger partial charge in [-0.25, -0.2) is 0 Å². The van der Waals surface area contributed by atoms with Crippen LogP contribution in [-0.4, -0.2) is 33.0 Å². The zero-order valence-corrected chi connectivity index (χ0v) is 7.93. The molecule has 0 bridgehead atoms. The fourth-order valence-electron chi connectivity index (χ4n) is 1.57. The van der Waals surface area contributed by atoms with Gasteiger partial charge < -0.3 is 15.3 Å². The molecule has 0 radical (unpaired) electrons. The van der Waals surface area contributed by atoms with Gasteiger partial charge >= 0.3 is 11.9 Å². The Morgan fingerprint density at radius 2 is 1.80 bits per heavy atom. The second-order valence-corrected chi connectivity index (χ2v) is 3.45. The summed E-state index contributed by atoms with van der Waals surface area (Å²) in [5, 5.41) is 26.6. The maximum Gasteiger partial charge on any atom is 0.322 e. The van der Waals surface area contributed by atoms with Crippen LogP contribution in [0.25, 0.3) is 0 Å². The molecule has 0 fully saturated rings. The van der Waals surface area contributed by atoms with E-state index in [9.17, 15) is 19.5 Å². The molecular weight excluding hydrogens is 204 g/mol. The average molecular weight is 214 g/mol. The molecule has 1 unspecified atom stereocenters. The van der Waals surface area contributed by atoms with Crippen LogP contribution in [0.5, 0.6) is 0 Å². The largest absolute Gasteiger partial charge is 0.504 e. The van der Waals surface area contributed by atoms with Crippen LogP contribution in [0.4, 0.5) is 0 Å². The number of carbonyl (C=O) groups is 3. The molecule has 6 heteroatoms. The highest BCUT2D eigenvalue weighted by molar-refractivity contribution is 6.03. The van der Waals surface area contributed by atoms with Gasteiger partial charge in [0.05, 0.1) is 0 Å². The Morgan fingerprint density at radius 3 is 2.07 bits per heavy atom. The zero-order chi connectivity index (χ0) is 11.7. The number of Topliss-reactive ketones (excluding diaryl/α,β-unsaturated/α-hetero) is 1. The smallest absolute Gasteiger partial charge is 0.322 e. The van der Waals surface area contributed by atoms with Crippen LogP contribution < -0.4 is 0 Å². The first kappa shape index (κ1) is 11.2. The number of ketones is 1. The Hall–Kier alpha value is -1.85. The Bertz CT molecular complexity index is 353. The SMILES string of the molecule is CC1CC(C(C(=O)O)C(=O)O)=C(O)C1=O. The summed E-state index contributed by atoms with van der Waals surface area (Å²) in [4.78, 5) is 32.5. The summed E-state index contributed by atoms with van der Waals surface area (Å²) in [5.41, 5.74) is -0.215. The number of carbonyl (C=O) groups excluding carboxylic acids is 1. The summed E-state index contributed by atoms with van der Waals surface area (Å²) >= 11 is 0. The summed E-state index contributed by atoms with van der Waals surface area (Å²) < 4.78 is 0. The second-order valence-electron chi connectivity index (χ2n) is 3.45. The number of aliphatic carboxylic acids is 2. The first-order valence-corrected chi connectivity index (χ1v) is 4.28. The molecule has 0 spiro atoms. The van der Waals surface area contributed by atoms with Crippen LogP contribution >= 0.6 is 0 Å². The lowest BCUT2D eigenvalue weighted by Gasteiger charge is -2.08. The maximum absolute atomic E-state index is 11.2. The van der Waals surface area contributed by atoms with Crippen molar-refractivity contribution in [3.05, 3.63) is 11.3 Å². The molecule has 1 aliphatic carbocycles. The summed E-state index contributed by atoms with van der Waals surface area (Å²) in [7, 11) is 0. The fourth-order valence-corrected chi connectivity index (χ4v) is 1.57. The molecular formula is C9H10O6. The summed E-state index contributed by atoms with van der Waals surface area (Å²) in [6, 6.07) is 0. The number of carboxylic acid groups (broad SMARTS) is 2. The Labute approximate surface area is 84.8 Å². The monoisotopic (exact) mass is 214 g/mol. The molecule has 6 nitrogen and oxygen atoms in total. The molecule has 3 N–H and O–H groups in total. The van der Waals surface area contributed by atoms with E-state index in [2.05, 4.69) is 0 Å².